The Kier molecular flexibility index (Phi) is 5.71. The zero-order chi connectivity index (χ0) is 17.0. The normalized spacial score (nSPS) is 11.8. The first-order valence-electron chi connectivity index (χ1n) is 8.31. The average molecular weight is 317 g/mol. The van der Waals surface area contributed by atoms with Crippen LogP contribution in [0.3, 0.4) is 0 Å². The lowest BCUT2D eigenvalue weighted by Crippen LogP contribution is -2.42. The maximum absolute atomic E-state index is 12.3. The van der Waals surface area contributed by atoms with Gasteiger partial charge in [0.05, 0.1) is 5.52 Å². The highest BCUT2D eigenvalue weighted by molar-refractivity contribution is 5.97. The maximum Gasteiger partial charge on any atom is 0.251 e. The van der Waals surface area contributed by atoms with Gasteiger partial charge in [-0.25, -0.2) is 4.68 Å². The van der Waals surface area contributed by atoms with Gasteiger partial charge in [0, 0.05) is 37.3 Å². The molecule has 0 saturated heterocycles. The Bertz CT molecular complexity index is 654. The topological polar surface area (TPSA) is 63.1 Å². The van der Waals surface area contributed by atoms with Crippen LogP contribution in [0.2, 0.25) is 0 Å². The summed E-state index contributed by atoms with van der Waals surface area (Å²) in [5, 5.41) is 11.2. The summed E-state index contributed by atoms with van der Waals surface area (Å²) < 4.78 is 1.82. The lowest BCUT2D eigenvalue weighted by Gasteiger charge is -2.30. The van der Waals surface area contributed by atoms with Gasteiger partial charge in [-0.15, -0.1) is 5.10 Å². The van der Waals surface area contributed by atoms with Crippen molar-refractivity contribution in [1.29, 1.82) is 0 Å². The summed E-state index contributed by atoms with van der Waals surface area (Å²) in [6, 6.07) is 6.46. The molecule has 1 heterocycles. The summed E-state index contributed by atoms with van der Waals surface area (Å²) in [6.45, 7) is 13.0. The van der Waals surface area contributed by atoms with E-state index in [0.717, 1.165) is 24.1 Å². The van der Waals surface area contributed by atoms with Crippen molar-refractivity contribution in [3.8, 4) is 0 Å². The van der Waals surface area contributed by atoms with E-state index in [1.54, 1.807) is 6.07 Å². The van der Waals surface area contributed by atoms with E-state index in [0.29, 0.717) is 24.2 Å². The number of carbonyl (C=O) groups is 1. The molecule has 23 heavy (non-hydrogen) atoms. The molecule has 0 saturated carbocycles. The van der Waals surface area contributed by atoms with Crippen molar-refractivity contribution in [2.24, 2.45) is 0 Å². The van der Waals surface area contributed by atoms with Crippen LogP contribution >= 0.6 is 0 Å². The predicted octanol–water partition coefficient (Wildman–Crippen LogP) is 2.30. The molecule has 0 bridgehead atoms. The third-order valence-corrected chi connectivity index (χ3v) is 4.06. The third-order valence-electron chi connectivity index (χ3n) is 4.06. The Morgan fingerprint density at radius 3 is 2.57 bits per heavy atom. The van der Waals surface area contributed by atoms with Crippen molar-refractivity contribution in [2.75, 3.05) is 13.1 Å². The molecule has 1 N–H and O–H groups in total. The summed E-state index contributed by atoms with van der Waals surface area (Å²) >= 11 is 0. The first-order valence-corrected chi connectivity index (χ1v) is 8.31. The fourth-order valence-electron chi connectivity index (χ4n) is 2.86. The van der Waals surface area contributed by atoms with Crippen LogP contribution in [0.25, 0.3) is 11.0 Å². The molecule has 0 aliphatic heterocycles. The van der Waals surface area contributed by atoms with Gasteiger partial charge in [-0.3, -0.25) is 9.69 Å². The molecule has 0 radical (unpaired) electrons. The minimum atomic E-state index is -0.0644. The van der Waals surface area contributed by atoms with Crippen LogP contribution in [0, 0.1) is 0 Å². The van der Waals surface area contributed by atoms with Gasteiger partial charge in [-0.2, -0.15) is 0 Å². The SMILES string of the molecule is CCn1nnc2cc(C(=O)NCCN(C(C)C)C(C)C)ccc21. The molecule has 0 fully saturated rings. The summed E-state index contributed by atoms with van der Waals surface area (Å²) in [5.41, 5.74) is 2.33. The molecule has 0 aliphatic carbocycles. The van der Waals surface area contributed by atoms with E-state index in [4.69, 9.17) is 0 Å². The number of aromatic nitrogens is 3. The molecule has 0 unspecified atom stereocenters. The third kappa shape index (κ3) is 4.07. The molecule has 126 valence electrons. The Balaban J connectivity index is 1.98. The standard InChI is InChI=1S/C17H27N5O/c1-6-22-16-8-7-14(11-15(16)19-20-22)17(23)18-9-10-21(12(2)3)13(4)5/h7-8,11-13H,6,9-10H2,1-5H3,(H,18,23). The molecule has 1 aromatic heterocycles. The zero-order valence-electron chi connectivity index (χ0n) is 14.7. The van der Waals surface area contributed by atoms with Gasteiger partial charge < -0.3 is 5.32 Å². The van der Waals surface area contributed by atoms with E-state index < -0.39 is 0 Å². The number of nitrogens with zero attached hydrogens (tertiary/aromatic N) is 4. The second kappa shape index (κ2) is 7.55. The molecule has 6 heteroatoms. The maximum atomic E-state index is 12.3. The molecule has 1 aromatic carbocycles. The molecule has 0 spiro atoms. The van der Waals surface area contributed by atoms with Crippen LogP contribution < -0.4 is 5.32 Å². The first kappa shape index (κ1) is 17.4. The summed E-state index contributed by atoms with van der Waals surface area (Å²) in [6.07, 6.45) is 0. The van der Waals surface area contributed by atoms with Crippen LogP contribution in [-0.2, 0) is 6.54 Å². The fourth-order valence-corrected chi connectivity index (χ4v) is 2.86. The predicted molar refractivity (Wildman–Crippen MR) is 92.5 cm³/mol. The molecular weight excluding hydrogens is 290 g/mol. The Morgan fingerprint density at radius 1 is 1.26 bits per heavy atom. The van der Waals surface area contributed by atoms with Crippen LogP contribution in [0.5, 0.6) is 0 Å². The Hall–Kier alpha value is -1.95. The highest BCUT2D eigenvalue weighted by Crippen LogP contribution is 2.13. The van der Waals surface area contributed by atoms with Gasteiger partial charge in [-0.05, 0) is 52.8 Å². The van der Waals surface area contributed by atoms with E-state index in [1.165, 1.54) is 0 Å². The van der Waals surface area contributed by atoms with Crippen molar-refractivity contribution in [3.63, 3.8) is 0 Å². The van der Waals surface area contributed by atoms with Crippen molar-refractivity contribution in [3.05, 3.63) is 23.8 Å². The zero-order valence-corrected chi connectivity index (χ0v) is 14.7. The number of carbonyl (C=O) groups excluding carboxylic acids is 1. The van der Waals surface area contributed by atoms with Crippen LogP contribution in [0.15, 0.2) is 18.2 Å². The molecule has 2 aromatic rings. The quantitative estimate of drug-likeness (QED) is 0.851. The fraction of sp³-hybridized carbons (Fsp3) is 0.588. The molecular formula is C17H27N5O. The van der Waals surface area contributed by atoms with Crippen molar-refractivity contribution >= 4 is 16.9 Å². The lowest BCUT2D eigenvalue weighted by molar-refractivity contribution is 0.0939. The second-order valence-electron chi connectivity index (χ2n) is 6.29. The number of nitrogens with one attached hydrogen (secondary N) is 1. The molecule has 0 aliphatic rings. The van der Waals surface area contributed by atoms with Crippen molar-refractivity contribution in [2.45, 2.75) is 53.2 Å². The molecule has 1 amide bonds. The van der Waals surface area contributed by atoms with E-state index in [1.807, 2.05) is 23.7 Å². The van der Waals surface area contributed by atoms with Gasteiger partial charge in [0.15, 0.2) is 0 Å². The Morgan fingerprint density at radius 2 is 1.96 bits per heavy atom. The number of rotatable bonds is 7. The Labute approximate surface area is 137 Å². The van der Waals surface area contributed by atoms with E-state index in [2.05, 4.69) is 48.2 Å². The largest absolute Gasteiger partial charge is 0.351 e. The highest BCUT2D eigenvalue weighted by atomic mass is 16.1. The summed E-state index contributed by atoms with van der Waals surface area (Å²) in [5.74, 6) is -0.0644. The second-order valence-corrected chi connectivity index (χ2v) is 6.29. The number of benzene rings is 1. The van der Waals surface area contributed by atoms with Crippen molar-refractivity contribution in [1.82, 2.24) is 25.2 Å². The van der Waals surface area contributed by atoms with Gasteiger partial charge in [-0.1, -0.05) is 5.21 Å². The van der Waals surface area contributed by atoms with E-state index >= 15 is 0 Å². The van der Waals surface area contributed by atoms with Crippen LogP contribution in [0.1, 0.15) is 45.0 Å². The van der Waals surface area contributed by atoms with Gasteiger partial charge in [0.2, 0.25) is 0 Å². The number of aryl methyl sites for hydroxylation is 1. The smallest absolute Gasteiger partial charge is 0.251 e. The number of fused-ring (bicyclic) bond motifs is 1. The highest BCUT2D eigenvalue weighted by Gasteiger charge is 2.14. The van der Waals surface area contributed by atoms with Crippen molar-refractivity contribution < 1.29 is 4.79 Å². The molecule has 0 atom stereocenters. The van der Waals surface area contributed by atoms with Gasteiger partial charge in [0.25, 0.3) is 5.91 Å². The number of amides is 1. The van der Waals surface area contributed by atoms with Gasteiger partial charge in [0.1, 0.15) is 5.52 Å². The number of hydrogen-bond acceptors (Lipinski definition) is 4. The number of hydrogen-bond donors (Lipinski definition) is 1. The minimum absolute atomic E-state index is 0.0644. The summed E-state index contributed by atoms with van der Waals surface area (Å²) in [7, 11) is 0. The monoisotopic (exact) mass is 317 g/mol. The van der Waals surface area contributed by atoms with E-state index in [9.17, 15) is 4.79 Å². The van der Waals surface area contributed by atoms with E-state index in [-0.39, 0.29) is 5.91 Å². The summed E-state index contributed by atoms with van der Waals surface area (Å²) in [4.78, 5) is 14.7. The first-order chi connectivity index (χ1) is 10.9. The van der Waals surface area contributed by atoms with Gasteiger partial charge >= 0.3 is 0 Å². The average Bonchev–Trinajstić information content (AvgIpc) is 2.92. The molecule has 2 rings (SSSR count). The van der Waals surface area contributed by atoms with Crippen LogP contribution in [-0.4, -0.2) is 51.0 Å². The van der Waals surface area contributed by atoms with Crippen LogP contribution in [0.4, 0.5) is 0 Å². The minimum Gasteiger partial charge on any atom is -0.351 e. The molecule has 6 nitrogen and oxygen atoms in total. The lowest BCUT2D eigenvalue weighted by atomic mass is 10.2.